The number of rotatable bonds is 8. The number of aliphatic imine (C=N–C) groups is 1. The maximum Gasteiger partial charge on any atom is 0.191 e. The summed E-state index contributed by atoms with van der Waals surface area (Å²) in [6.07, 6.45) is 3.94. The van der Waals surface area contributed by atoms with Gasteiger partial charge in [0.2, 0.25) is 0 Å². The van der Waals surface area contributed by atoms with Crippen molar-refractivity contribution in [2.45, 2.75) is 40.2 Å². The predicted molar refractivity (Wildman–Crippen MR) is 106 cm³/mol. The van der Waals surface area contributed by atoms with E-state index in [-0.39, 0.29) is 0 Å². The van der Waals surface area contributed by atoms with Crippen molar-refractivity contribution >= 4 is 17.3 Å². The Labute approximate surface area is 154 Å². The van der Waals surface area contributed by atoms with Crippen LogP contribution in [0.4, 0.5) is 0 Å². The highest BCUT2D eigenvalue weighted by atomic mass is 32.1. The Morgan fingerprint density at radius 1 is 1.28 bits per heavy atom. The summed E-state index contributed by atoms with van der Waals surface area (Å²) >= 11 is 1.79. The molecule has 0 aliphatic heterocycles. The third-order valence-electron chi connectivity index (χ3n) is 3.80. The van der Waals surface area contributed by atoms with E-state index in [9.17, 15) is 0 Å². The van der Waals surface area contributed by atoms with Gasteiger partial charge in [-0.1, -0.05) is 19.1 Å². The van der Waals surface area contributed by atoms with Crippen molar-refractivity contribution in [2.75, 3.05) is 20.2 Å². The van der Waals surface area contributed by atoms with Gasteiger partial charge in [-0.15, -0.1) is 11.3 Å². The summed E-state index contributed by atoms with van der Waals surface area (Å²) in [6.45, 7) is 8.58. The highest BCUT2D eigenvalue weighted by Gasteiger charge is 2.03. The minimum atomic E-state index is 0.636. The van der Waals surface area contributed by atoms with Crippen LogP contribution in [0.2, 0.25) is 0 Å². The van der Waals surface area contributed by atoms with Gasteiger partial charge < -0.3 is 15.4 Å². The van der Waals surface area contributed by atoms with Crippen molar-refractivity contribution in [3.8, 4) is 5.75 Å². The maximum atomic E-state index is 5.30. The number of guanidine groups is 1. The first-order valence-corrected chi connectivity index (χ1v) is 9.57. The fraction of sp³-hybridized carbons (Fsp3) is 0.474. The van der Waals surface area contributed by atoms with Crippen molar-refractivity contribution in [3.05, 3.63) is 45.4 Å². The van der Waals surface area contributed by atoms with Crippen molar-refractivity contribution in [3.63, 3.8) is 0 Å². The normalized spacial score (nSPS) is 11.4. The average Bonchev–Trinajstić information content (AvgIpc) is 3.08. The lowest BCUT2D eigenvalue weighted by atomic mass is 10.1. The lowest BCUT2D eigenvalue weighted by Gasteiger charge is -2.11. The van der Waals surface area contributed by atoms with E-state index in [1.165, 1.54) is 15.4 Å². The zero-order valence-electron chi connectivity index (χ0n) is 15.6. The molecule has 0 atom stereocenters. The molecule has 1 aromatic carbocycles. The molecule has 0 aliphatic rings. The van der Waals surface area contributed by atoms with Gasteiger partial charge in [0.1, 0.15) is 5.75 Å². The molecular weight excluding hydrogens is 332 g/mol. The van der Waals surface area contributed by atoms with Crippen LogP contribution in [0, 0.1) is 6.92 Å². The van der Waals surface area contributed by atoms with Crippen molar-refractivity contribution in [2.24, 2.45) is 4.99 Å². The number of aryl methyl sites for hydroxylation is 2. The molecule has 0 saturated carbocycles. The van der Waals surface area contributed by atoms with Gasteiger partial charge in [0, 0.05) is 30.6 Å². The van der Waals surface area contributed by atoms with Crippen LogP contribution in [0.15, 0.2) is 29.4 Å². The average molecular weight is 361 g/mol. The Kier molecular flexibility index (Phi) is 7.73. The molecule has 6 heteroatoms. The molecule has 1 heterocycles. The van der Waals surface area contributed by atoms with E-state index in [1.807, 2.05) is 19.2 Å². The summed E-state index contributed by atoms with van der Waals surface area (Å²) in [4.78, 5) is 10.5. The molecule has 0 spiro atoms. The number of aromatic nitrogens is 1. The SMILES string of the molecule is CCNC(=NCc1ccc(OC)c(C)c1)NCCc1ncc(CC)s1. The topological polar surface area (TPSA) is 58.5 Å². The van der Waals surface area contributed by atoms with Crippen LogP contribution in [0.1, 0.15) is 34.9 Å². The van der Waals surface area contributed by atoms with Gasteiger partial charge in [0.25, 0.3) is 0 Å². The Bertz CT molecular complexity index is 696. The van der Waals surface area contributed by atoms with E-state index in [2.05, 4.69) is 46.6 Å². The van der Waals surface area contributed by atoms with Gasteiger partial charge >= 0.3 is 0 Å². The standard InChI is InChI=1S/C19H28N4OS/c1-5-16-13-22-18(25-16)9-10-21-19(20-6-2)23-12-15-7-8-17(24-4)14(3)11-15/h7-8,11,13H,5-6,9-10,12H2,1-4H3,(H2,20,21,23). The molecule has 0 unspecified atom stereocenters. The summed E-state index contributed by atoms with van der Waals surface area (Å²) in [5.74, 6) is 1.75. The third kappa shape index (κ3) is 6.05. The number of nitrogens with zero attached hydrogens (tertiary/aromatic N) is 2. The van der Waals surface area contributed by atoms with Crippen LogP contribution in [0.25, 0.3) is 0 Å². The summed E-state index contributed by atoms with van der Waals surface area (Å²) in [6, 6.07) is 6.17. The second-order valence-corrected chi connectivity index (χ2v) is 6.95. The van der Waals surface area contributed by atoms with Gasteiger partial charge in [0.05, 0.1) is 18.7 Å². The lowest BCUT2D eigenvalue weighted by Crippen LogP contribution is -2.38. The van der Waals surface area contributed by atoms with Crippen LogP contribution in [-0.2, 0) is 19.4 Å². The zero-order valence-corrected chi connectivity index (χ0v) is 16.4. The third-order valence-corrected chi connectivity index (χ3v) is 5.01. The highest BCUT2D eigenvalue weighted by molar-refractivity contribution is 7.11. The molecule has 0 bridgehead atoms. The second kappa shape index (κ2) is 10.0. The first kappa shape index (κ1) is 19.2. The molecule has 0 amide bonds. The van der Waals surface area contributed by atoms with Crippen molar-refractivity contribution in [1.82, 2.24) is 15.6 Å². The number of thiazole rings is 1. The summed E-state index contributed by atoms with van der Waals surface area (Å²) in [5.41, 5.74) is 2.30. The van der Waals surface area contributed by atoms with Gasteiger partial charge in [-0.2, -0.15) is 0 Å². The first-order valence-electron chi connectivity index (χ1n) is 8.75. The number of benzene rings is 1. The molecule has 0 saturated heterocycles. The zero-order chi connectivity index (χ0) is 18.1. The van der Waals surface area contributed by atoms with Crippen LogP contribution in [-0.4, -0.2) is 31.1 Å². The molecule has 0 fully saturated rings. The van der Waals surface area contributed by atoms with E-state index in [0.717, 1.165) is 43.2 Å². The van der Waals surface area contributed by atoms with Gasteiger partial charge in [-0.05, 0) is 37.5 Å². The summed E-state index contributed by atoms with van der Waals surface area (Å²) in [5, 5.41) is 7.85. The van der Waals surface area contributed by atoms with Crippen LogP contribution in [0.5, 0.6) is 5.75 Å². The first-order chi connectivity index (χ1) is 12.2. The van der Waals surface area contributed by atoms with Crippen LogP contribution in [0.3, 0.4) is 0 Å². The maximum absolute atomic E-state index is 5.30. The molecular formula is C19H28N4OS. The lowest BCUT2D eigenvalue weighted by molar-refractivity contribution is 0.411. The number of methoxy groups -OCH3 is 1. The molecule has 2 aromatic rings. The molecule has 136 valence electrons. The van der Waals surface area contributed by atoms with Gasteiger partial charge in [-0.3, -0.25) is 0 Å². The van der Waals surface area contributed by atoms with Gasteiger partial charge in [-0.25, -0.2) is 9.98 Å². The molecule has 25 heavy (non-hydrogen) atoms. The molecule has 0 aliphatic carbocycles. The minimum Gasteiger partial charge on any atom is -0.496 e. The van der Waals surface area contributed by atoms with Crippen LogP contribution >= 0.6 is 11.3 Å². The largest absolute Gasteiger partial charge is 0.496 e. The predicted octanol–water partition coefficient (Wildman–Crippen LogP) is 3.32. The van der Waals surface area contributed by atoms with E-state index < -0.39 is 0 Å². The quantitative estimate of drug-likeness (QED) is 0.560. The number of hydrogen-bond acceptors (Lipinski definition) is 4. The molecule has 1 aromatic heterocycles. The Hall–Kier alpha value is -2.08. The number of ether oxygens (including phenoxy) is 1. The van der Waals surface area contributed by atoms with E-state index in [4.69, 9.17) is 4.74 Å². The Morgan fingerprint density at radius 2 is 2.12 bits per heavy atom. The second-order valence-electron chi connectivity index (χ2n) is 5.75. The molecule has 2 N–H and O–H groups in total. The van der Waals surface area contributed by atoms with E-state index in [0.29, 0.717) is 6.54 Å². The van der Waals surface area contributed by atoms with E-state index in [1.54, 1.807) is 18.4 Å². The molecule has 5 nitrogen and oxygen atoms in total. The Morgan fingerprint density at radius 3 is 2.76 bits per heavy atom. The van der Waals surface area contributed by atoms with Crippen LogP contribution < -0.4 is 15.4 Å². The smallest absolute Gasteiger partial charge is 0.191 e. The summed E-state index contributed by atoms with van der Waals surface area (Å²) in [7, 11) is 1.69. The molecule has 2 rings (SSSR count). The van der Waals surface area contributed by atoms with Crippen molar-refractivity contribution < 1.29 is 4.74 Å². The van der Waals surface area contributed by atoms with Gasteiger partial charge in [0.15, 0.2) is 5.96 Å². The Balaban J connectivity index is 1.90. The van der Waals surface area contributed by atoms with Crippen molar-refractivity contribution in [1.29, 1.82) is 0 Å². The molecule has 0 radical (unpaired) electrons. The highest BCUT2D eigenvalue weighted by Crippen LogP contribution is 2.18. The monoisotopic (exact) mass is 360 g/mol. The fourth-order valence-electron chi connectivity index (χ4n) is 2.47. The fourth-order valence-corrected chi connectivity index (χ4v) is 3.33. The number of nitrogens with one attached hydrogen (secondary N) is 2. The van der Waals surface area contributed by atoms with E-state index >= 15 is 0 Å². The summed E-state index contributed by atoms with van der Waals surface area (Å²) < 4.78 is 5.30. The number of hydrogen-bond donors (Lipinski definition) is 2. The minimum absolute atomic E-state index is 0.636.